The molecule has 0 amide bonds. The molecule has 0 unspecified atom stereocenters. The van der Waals surface area contributed by atoms with Crippen molar-refractivity contribution in [3.05, 3.63) is 106 Å². The van der Waals surface area contributed by atoms with Crippen molar-refractivity contribution < 1.29 is 9.59 Å². The molecule has 3 rings (SSSR count). The van der Waals surface area contributed by atoms with Gasteiger partial charge in [-0.25, -0.2) is 0 Å². The summed E-state index contributed by atoms with van der Waals surface area (Å²) >= 11 is 0. The Morgan fingerprint density at radius 1 is 0.720 bits per heavy atom. The second-order valence-electron chi connectivity index (χ2n) is 5.94. The van der Waals surface area contributed by atoms with Gasteiger partial charge in [-0.1, -0.05) is 78.4 Å². The van der Waals surface area contributed by atoms with Crippen molar-refractivity contribution in [2.24, 2.45) is 0 Å². The molecule has 0 saturated carbocycles. The van der Waals surface area contributed by atoms with Crippen LogP contribution < -0.4 is 0 Å². The van der Waals surface area contributed by atoms with E-state index in [0.717, 1.165) is 22.3 Å². The molecule has 1 radical (unpaired) electrons. The van der Waals surface area contributed by atoms with Gasteiger partial charge in [0.2, 0.25) is 6.29 Å². The van der Waals surface area contributed by atoms with Crippen molar-refractivity contribution in [2.75, 3.05) is 0 Å². The van der Waals surface area contributed by atoms with E-state index in [-0.39, 0.29) is 5.78 Å². The number of carbonyl (C=O) groups is 1. The van der Waals surface area contributed by atoms with Crippen molar-refractivity contribution in [3.8, 4) is 0 Å². The maximum Gasteiger partial charge on any atom is 0.234 e. The number of benzene rings is 3. The van der Waals surface area contributed by atoms with Crippen molar-refractivity contribution >= 4 is 12.1 Å². The number of aryl methyl sites for hydroxylation is 3. The summed E-state index contributed by atoms with van der Waals surface area (Å²) < 4.78 is 0. The molecule has 0 atom stereocenters. The van der Waals surface area contributed by atoms with Crippen LogP contribution in [0.25, 0.3) is 0 Å². The van der Waals surface area contributed by atoms with E-state index < -0.39 is 0 Å². The summed E-state index contributed by atoms with van der Waals surface area (Å²) in [4.78, 5) is 22.3. The van der Waals surface area contributed by atoms with E-state index in [1.54, 1.807) is 0 Å². The van der Waals surface area contributed by atoms with Crippen LogP contribution in [0.2, 0.25) is 0 Å². The Kier molecular flexibility index (Phi) is 6.41. The first kappa shape index (κ1) is 18.3. The molecule has 0 fully saturated rings. The average molecular weight is 329 g/mol. The molecule has 0 aliphatic rings. The minimum Gasteiger partial charge on any atom is -0.289 e. The third-order valence-corrected chi connectivity index (χ3v) is 3.85. The molecule has 3 aromatic carbocycles. The van der Waals surface area contributed by atoms with Crippen LogP contribution in [0.1, 0.15) is 38.2 Å². The van der Waals surface area contributed by atoms with Crippen LogP contribution in [0, 0.1) is 20.8 Å². The van der Waals surface area contributed by atoms with Crippen LogP contribution in [0.15, 0.2) is 72.8 Å². The van der Waals surface area contributed by atoms with Gasteiger partial charge in [0.15, 0.2) is 5.78 Å². The van der Waals surface area contributed by atoms with Crippen molar-refractivity contribution in [1.82, 2.24) is 0 Å². The van der Waals surface area contributed by atoms with Crippen LogP contribution >= 0.6 is 0 Å². The Morgan fingerprint density at radius 2 is 1.12 bits per heavy atom. The van der Waals surface area contributed by atoms with E-state index in [2.05, 4.69) is 0 Å². The lowest BCUT2D eigenvalue weighted by Gasteiger charge is -2.03. The predicted molar refractivity (Wildman–Crippen MR) is 102 cm³/mol. The lowest BCUT2D eigenvalue weighted by molar-refractivity contribution is 0.103. The Labute approximate surface area is 149 Å². The molecule has 0 aromatic heterocycles. The molecule has 0 heterocycles. The summed E-state index contributed by atoms with van der Waals surface area (Å²) in [7, 11) is 0. The Hall–Kier alpha value is -3.00. The highest BCUT2D eigenvalue weighted by molar-refractivity contribution is 6.08. The molecule has 125 valence electrons. The molecule has 0 aliphatic heterocycles. The zero-order chi connectivity index (χ0) is 18.2. The fourth-order valence-electron chi connectivity index (χ4n) is 2.69. The monoisotopic (exact) mass is 329 g/mol. The first-order chi connectivity index (χ1) is 12.0. The minimum atomic E-state index is 0.0752. The predicted octanol–water partition coefficient (Wildman–Crippen LogP) is 4.99. The summed E-state index contributed by atoms with van der Waals surface area (Å²) in [6, 6.07) is 22.6. The normalized spacial score (nSPS) is 9.72. The SMILES string of the molecule is Cc1cc(C)c([C]=O)c(C)c1.O=C(c1ccccc1)c1ccccc1. The Bertz CT molecular complexity index is 785. The second kappa shape index (κ2) is 8.74. The Morgan fingerprint density at radius 3 is 1.48 bits per heavy atom. The van der Waals surface area contributed by atoms with Crippen LogP contribution in [-0.2, 0) is 4.79 Å². The summed E-state index contributed by atoms with van der Waals surface area (Å²) in [5.74, 6) is 0.0752. The van der Waals surface area contributed by atoms with Crippen LogP contribution in [0.3, 0.4) is 0 Å². The van der Waals surface area contributed by atoms with E-state index in [0.29, 0.717) is 5.56 Å². The number of carbonyl (C=O) groups excluding carboxylic acids is 2. The third kappa shape index (κ3) is 4.98. The van der Waals surface area contributed by atoms with E-state index >= 15 is 0 Å². The van der Waals surface area contributed by atoms with E-state index in [1.807, 2.05) is 99.9 Å². The summed E-state index contributed by atoms with van der Waals surface area (Å²) in [6.45, 7) is 5.88. The lowest BCUT2D eigenvalue weighted by atomic mass is 10.0. The van der Waals surface area contributed by atoms with Gasteiger partial charge in [0.25, 0.3) is 0 Å². The molecule has 3 aromatic rings. The fourth-order valence-corrected chi connectivity index (χ4v) is 2.69. The largest absolute Gasteiger partial charge is 0.289 e. The zero-order valence-corrected chi connectivity index (χ0v) is 14.7. The van der Waals surface area contributed by atoms with Crippen LogP contribution in [0.5, 0.6) is 0 Å². The molecule has 0 N–H and O–H groups in total. The molecule has 0 aliphatic carbocycles. The molecule has 2 nitrogen and oxygen atoms in total. The fraction of sp³-hybridized carbons (Fsp3) is 0.130. The van der Waals surface area contributed by atoms with Crippen molar-refractivity contribution in [3.63, 3.8) is 0 Å². The highest BCUT2D eigenvalue weighted by Gasteiger charge is 2.06. The third-order valence-electron chi connectivity index (χ3n) is 3.85. The summed E-state index contributed by atoms with van der Waals surface area (Å²) in [5, 5.41) is 0. The first-order valence-electron chi connectivity index (χ1n) is 8.13. The highest BCUT2D eigenvalue weighted by Crippen LogP contribution is 2.13. The number of hydrogen-bond donors (Lipinski definition) is 0. The molecular formula is C23H21O2. The van der Waals surface area contributed by atoms with Gasteiger partial charge >= 0.3 is 0 Å². The number of rotatable bonds is 3. The minimum absolute atomic E-state index is 0.0752. The van der Waals surface area contributed by atoms with Gasteiger partial charge in [-0.3, -0.25) is 9.59 Å². The van der Waals surface area contributed by atoms with E-state index in [1.165, 1.54) is 5.56 Å². The van der Waals surface area contributed by atoms with Gasteiger partial charge in [-0.2, -0.15) is 0 Å². The lowest BCUT2D eigenvalue weighted by Crippen LogP contribution is -1.99. The number of hydrogen-bond acceptors (Lipinski definition) is 2. The topological polar surface area (TPSA) is 34.1 Å². The van der Waals surface area contributed by atoms with E-state index in [4.69, 9.17) is 0 Å². The summed E-state index contributed by atoms with van der Waals surface area (Å²) in [5.41, 5.74) is 5.39. The van der Waals surface area contributed by atoms with Crippen molar-refractivity contribution in [1.29, 1.82) is 0 Å². The molecule has 0 spiro atoms. The second-order valence-corrected chi connectivity index (χ2v) is 5.94. The Balaban J connectivity index is 0.000000186. The van der Waals surface area contributed by atoms with E-state index in [9.17, 15) is 9.59 Å². The van der Waals surface area contributed by atoms with Crippen LogP contribution in [0.4, 0.5) is 0 Å². The molecule has 0 saturated heterocycles. The van der Waals surface area contributed by atoms with Crippen molar-refractivity contribution in [2.45, 2.75) is 20.8 Å². The maximum absolute atomic E-state index is 11.8. The number of ketones is 1. The maximum atomic E-state index is 11.8. The van der Waals surface area contributed by atoms with Gasteiger partial charge in [0.05, 0.1) is 0 Å². The van der Waals surface area contributed by atoms with Gasteiger partial charge in [0, 0.05) is 16.7 Å². The van der Waals surface area contributed by atoms with Gasteiger partial charge < -0.3 is 0 Å². The molecule has 2 heteroatoms. The highest BCUT2D eigenvalue weighted by atomic mass is 16.1. The first-order valence-corrected chi connectivity index (χ1v) is 8.13. The molecular weight excluding hydrogens is 308 g/mol. The standard InChI is InChI=1S/C13H10O.C10H11O/c14-13(11-7-3-1-4-8-11)12-9-5-2-6-10-12;1-7-4-8(2)10(6-11)9(3)5-7/h1-10H;4-5H,1-3H3. The smallest absolute Gasteiger partial charge is 0.234 e. The zero-order valence-electron chi connectivity index (χ0n) is 14.7. The van der Waals surface area contributed by atoms with Gasteiger partial charge in [-0.15, -0.1) is 0 Å². The van der Waals surface area contributed by atoms with Crippen LogP contribution in [-0.4, -0.2) is 12.1 Å². The quantitative estimate of drug-likeness (QED) is 0.635. The van der Waals surface area contributed by atoms with Gasteiger partial charge in [-0.05, 0) is 31.9 Å². The summed E-state index contributed by atoms with van der Waals surface area (Å²) in [6.07, 6.45) is 1.94. The van der Waals surface area contributed by atoms with Gasteiger partial charge in [0.1, 0.15) is 0 Å². The molecule has 0 bridgehead atoms. The molecule has 25 heavy (non-hydrogen) atoms. The average Bonchev–Trinajstić information content (AvgIpc) is 2.63.